The van der Waals surface area contributed by atoms with E-state index in [2.05, 4.69) is 19.2 Å². The summed E-state index contributed by atoms with van der Waals surface area (Å²) in [5.41, 5.74) is -0.533. The van der Waals surface area contributed by atoms with E-state index in [0.717, 1.165) is 0 Å². The van der Waals surface area contributed by atoms with Crippen molar-refractivity contribution in [1.82, 2.24) is 5.32 Å². The van der Waals surface area contributed by atoms with E-state index in [9.17, 15) is 9.59 Å². The van der Waals surface area contributed by atoms with Gasteiger partial charge in [0, 0.05) is 6.54 Å². The Bertz CT molecular complexity index is 344. The van der Waals surface area contributed by atoms with E-state index in [1.807, 2.05) is 27.7 Å². The molecule has 0 aliphatic carbocycles. The van der Waals surface area contributed by atoms with Gasteiger partial charge >= 0.3 is 12.1 Å². The van der Waals surface area contributed by atoms with Crippen molar-refractivity contribution in [2.24, 2.45) is 11.8 Å². The highest BCUT2D eigenvalue weighted by Gasteiger charge is 2.16. The maximum atomic E-state index is 11.3. The molecule has 0 aromatic heterocycles. The number of amides is 1. The molecule has 24 heavy (non-hydrogen) atoms. The number of hydrogen-bond acceptors (Lipinski definition) is 3. The molecule has 0 spiro atoms. The molecule has 1 amide bonds. The third-order valence-electron chi connectivity index (χ3n) is 2.17. The molecule has 0 aromatic carbocycles. The van der Waals surface area contributed by atoms with Crippen molar-refractivity contribution >= 4 is 12.1 Å². The molecule has 0 saturated heterocycles. The molecule has 5 heteroatoms. The first kappa shape index (κ1) is 27.3. The SMILES string of the molecule is CC.CC(C)C[C@H](/C=C/CNC(=O)OC(C)(C)C)C(=O)O.CCC. The van der Waals surface area contributed by atoms with Crippen LogP contribution in [0.3, 0.4) is 0 Å². The predicted octanol–water partition coefficient (Wildman–Crippen LogP) is 5.26. The quantitative estimate of drug-likeness (QED) is 0.644. The smallest absolute Gasteiger partial charge is 0.407 e. The lowest BCUT2D eigenvalue weighted by molar-refractivity contribution is -0.140. The zero-order valence-electron chi connectivity index (χ0n) is 17.1. The van der Waals surface area contributed by atoms with Gasteiger partial charge < -0.3 is 15.2 Å². The Morgan fingerprint density at radius 3 is 1.96 bits per heavy atom. The van der Waals surface area contributed by atoms with Crippen molar-refractivity contribution in [3.8, 4) is 0 Å². The fourth-order valence-corrected chi connectivity index (χ4v) is 1.46. The van der Waals surface area contributed by atoms with Crippen molar-refractivity contribution in [1.29, 1.82) is 0 Å². The van der Waals surface area contributed by atoms with Crippen molar-refractivity contribution in [3.63, 3.8) is 0 Å². The average Bonchev–Trinajstić information content (AvgIpc) is 2.42. The second-order valence-corrected chi connectivity index (χ2v) is 6.59. The Hall–Kier alpha value is -1.52. The molecule has 0 aliphatic heterocycles. The van der Waals surface area contributed by atoms with E-state index in [1.54, 1.807) is 32.9 Å². The van der Waals surface area contributed by atoms with Crippen LogP contribution in [0.1, 0.15) is 75.2 Å². The minimum atomic E-state index is -0.845. The Kier molecular flexibility index (Phi) is 18.6. The predicted molar refractivity (Wildman–Crippen MR) is 101 cm³/mol. The molecule has 0 fully saturated rings. The minimum Gasteiger partial charge on any atom is -0.481 e. The van der Waals surface area contributed by atoms with Gasteiger partial charge in [0.05, 0.1) is 5.92 Å². The lowest BCUT2D eigenvalue weighted by Gasteiger charge is -2.19. The summed E-state index contributed by atoms with van der Waals surface area (Å²) in [5, 5.41) is 11.6. The van der Waals surface area contributed by atoms with Gasteiger partial charge in [0.15, 0.2) is 0 Å². The van der Waals surface area contributed by atoms with Gasteiger partial charge in [-0.3, -0.25) is 4.79 Å². The van der Waals surface area contributed by atoms with Gasteiger partial charge in [-0.15, -0.1) is 0 Å². The third kappa shape index (κ3) is 22.8. The summed E-state index contributed by atoms with van der Waals surface area (Å²) >= 11 is 0. The number of carboxylic acid groups (broad SMARTS) is 1. The number of carbonyl (C=O) groups excluding carboxylic acids is 1. The monoisotopic (exact) mass is 345 g/mol. The first-order chi connectivity index (χ1) is 11.0. The van der Waals surface area contributed by atoms with Crippen LogP contribution in [0.2, 0.25) is 0 Å². The topological polar surface area (TPSA) is 75.6 Å². The van der Waals surface area contributed by atoms with Crippen molar-refractivity contribution in [3.05, 3.63) is 12.2 Å². The number of alkyl carbamates (subject to hydrolysis) is 1. The molecular formula is C19H39NO4. The second-order valence-electron chi connectivity index (χ2n) is 6.59. The van der Waals surface area contributed by atoms with Gasteiger partial charge in [0.25, 0.3) is 0 Å². The van der Waals surface area contributed by atoms with E-state index in [0.29, 0.717) is 12.3 Å². The van der Waals surface area contributed by atoms with Gasteiger partial charge in [0.2, 0.25) is 0 Å². The van der Waals surface area contributed by atoms with Crippen LogP contribution in [-0.4, -0.2) is 29.3 Å². The van der Waals surface area contributed by atoms with Crippen LogP contribution in [0.4, 0.5) is 4.79 Å². The molecule has 0 radical (unpaired) electrons. The molecule has 0 bridgehead atoms. The average molecular weight is 346 g/mol. The number of hydrogen-bond donors (Lipinski definition) is 2. The number of nitrogens with one attached hydrogen (secondary N) is 1. The van der Waals surface area contributed by atoms with E-state index < -0.39 is 23.6 Å². The maximum absolute atomic E-state index is 11.3. The van der Waals surface area contributed by atoms with E-state index in [1.165, 1.54) is 6.42 Å². The number of aliphatic carboxylic acids is 1. The molecule has 0 aromatic rings. The Morgan fingerprint density at radius 1 is 1.17 bits per heavy atom. The molecule has 144 valence electrons. The Balaban J connectivity index is -0.000000786. The van der Waals surface area contributed by atoms with E-state index in [-0.39, 0.29) is 6.54 Å². The first-order valence-corrected chi connectivity index (χ1v) is 8.89. The van der Waals surface area contributed by atoms with Crippen molar-refractivity contribution in [2.45, 2.75) is 80.8 Å². The summed E-state index contributed by atoms with van der Waals surface area (Å²) in [6, 6.07) is 0. The van der Waals surface area contributed by atoms with Crippen LogP contribution >= 0.6 is 0 Å². The third-order valence-corrected chi connectivity index (χ3v) is 2.17. The van der Waals surface area contributed by atoms with Gasteiger partial charge in [0.1, 0.15) is 5.60 Å². The highest BCUT2D eigenvalue weighted by Crippen LogP contribution is 2.13. The fourth-order valence-electron chi connectivity index (χ4n) is 1.46. The van der Waals surface area contributed by atoms with Gasteiger partial charge in [-0.05, 0) is 33.1 Å². The van der Waals surface area contributed by atoms with E-state index >= 15 is 0 Å². The molecule has 0 aliphatic rings. The van der Waals surface area contributed by atoms with Crippen molar-refractivity contribution in [2.75, 3.05) is 6.54 Å². The normalized spacial score (nSPS) is 11.8. The standard InChI is InChI=1S/C14H25NO4.C3H8.C2H6/c1-10(2)9-11(12(16)17)7-6-8-15-13(18)19-14(3,4)5;1-3-2;1-2/h6-7,10-11H,8-9H2,1-5H3,(H,15,18)(H,16,17);3H2,1-2H3;1-2H3/b7-6+;;/t11-;;/m0../s1. The van der Waals surface area contributed by atoms with Crippen molar-refractivity contribution < 1.29 is 19.4 Å². The number of rotatable bonds is 6. The van der Waals surface area contributed by atoms with Gasteiger partial charge in [-0.1, -0.05) is 60.1 Å². The molecule has 0 heterocycles. The minimum absolute atomic E-state index is 0.261. The molecule has 0 unspecified atom stereocenters. The highest BCUT2D eigenvalue weighted by atomic mass is 16.6. The van der Waals surface area contributed by atoms with Crippen LogP contribution in [0.15, 0.2) is 12.2 Å². The Labute approximate surface area is 148 Å². The Morgan fingerprint density at radius 2 is 1.62 bits per heavy atom. The number of carboxylic acids is 1. The first-order valence-electron chi connectivity index (χ1n) is 8.89. The summed E-state index contributed by atoms with van der Waals surface area (Å²) in [7, 11) is 0. The summed E-state index contributed by atoms with van der Waals surface area (Å²) in [5.74, 6) is -1.05. The molecule has 0 saturated carbocycles. The van der Waals surface area contributed by atoms with Crippen LogP contribution < -0.4 is 5.32 Å². The van der Waals surface area contributed by atoms with Gasteiger partial charge in [-0.2, -0.15) is 0 Å². The zero-order chi connectivity index (χ0) is 19.8. The molecule has 0 rings (SSSR count). The molecule has 1 atom stereocenters. The maximum Gasteiger partial charge on any atom is 0.407 e. The molecule has 5 nitrogen and oxygen atoms in total. The van der Waals surface area contributed by atoms with Gasteiger partial charge in [-0.25, -0.2) is 4.79 Å². The van der Waals surface area contributed by atoms with Crippen LogP contribution in [0.25, 0.3) is 0 Å². The summed E-state index contributed by atoms with van der Waals surface area (Å²) in [4.78, 5) is 22.3. The zero-order valence-corrected chi connectivity index (χ0v) is 17.1. The summed E-state index contributed by atoms with van der Waals surface area (Å²) < 4.78 is 5.06. The largest absolute Gasteiger partial charge is 0.481 e. The lowest BCUT2D eigenvalue weighted by Crippen LogP contribution is -2.32. The highest BCUT2D eigenvalue weighted by molar-refractivity contribution is 5.72. The van der Waals surface area contributed by atoms with E-state index in [4.69, 9.17) is 9.84 Å². The van der Waals surface area contributed by atoms with Crippen LogP contribution in [-0.2, 0) is 9.53 Å². The number of carbonyl (C=O) groups is 2. The molecule has 2 N–H and O–H groups in total. The fraction of sp³-hybridized carbons (Fsp3) is 0.789. The van der Waals surface area contributed by atoms with Crippen LogP contribution in [0, 0.1) is 11.8 Å². The lowest BCUT2D eigenvalue weighted by atomic mass is 9.97. The number of ether oxygens (including phenoxy) is 1. The second kappa shape index (κ2) is 16.3. The van der Waals surface area contributed by atoms with Crippen LogP contribution in [0.5, 0.6) is 0 Å². The molecular weight excluding hydrogens is 306 g/mol. The summed E-state index contributed by atoms with van der Waals surface area (Å²) in [6.45, 7) is 17.8. The summed E-state index contributed by atoms with van der Waals surface area (Å²) in [6.07, 6.45) is 4.58.